The van der Waals surface area contributed by atoms with Crippen LogP contribution in [-0.2, 0) is 14.8 Å². The molecule has 2 N–H and O–H groups in total. The SMILES string of the molecule is CCN(CC)S(=O)(=O)c1ccc(C(C)NC(C)C(=O)Nc2ccccc2)cc1. The number of nitrogens with zero attached hydrogens (tertiary/aromatic N) is 1. The molecule has 0 aromatic heterocycles. The Hall–Kier alpha value is -2.22. The summed E-state index contributed by atoms with van der Waals surface area (Å²) in [4.78, 5) is 12.6. The molecule has 0 radical (unpaired) electrons. The summed E-state index contributed by atoms with van der Waals surface area (Å²) in [6.07, 6.45) is 0. The summed E-state index contributed by atoms with van der Waals surface area (Å²) >= 11 is 0. The molecule has 0 saturated carbocycles. The molecule has 0 fully saturated rings. The zero-order valence-corrected chi connectivity index (χ0v) is 17.7. The van der Waals surface area contributed by atoms with Gasteiger partial charge in [0.2, 0.25) is 15.9 Å². The molecule has 0 saturated heterocycles. The molecule has 7 heteroatoms. The summed E-state index contributed by atoms with van der Waals surface area (Å²) in [5.74, 6) is -0.126. The number of sulfonamides is 1. The van der Waals surface area contributed by atoms with E-state index in [0.717, 1.165) is 11.3 Å². The fourth-order valence-electron chi connectivity index (χ4n) is 2.96. The monoisotopic (exact) mass is 403 g/mol. The number of anilines is 1. The Morgan fingerprint density at radius 1 is 0.964 bits per heavy atom. The number of para-hydroxylation sites is 1. The Bertz CT molecular complexity index is 864. The van der Waals surface area contributed by atoms with Gasteiger partial charge in [-0.2, -0.15) is 4.31 Å². The highest BCUT2D eigenvalue weighted by Crippen LogP contribution is 2.20. The molecule has 0 aliphatic carbocycles. The topological polar surface area (TPSA) is 78.5 Å². The van der Waals surface area contributed by atoms with Crippen molar-refractivity contribution in [2.45, 2.75) is 44.7 Å². The van der Waals surface area contributed by atoms with Crippen molar-refractivity contribution in [3.8, 4) is 0 Å². The minimum absolute atomic E-state index is 0.110. The summed E-state index contributed by atoms with van der Waals surface area (Å²) in [7, 11) is -3.47. The third kappa shape index (κ3) is 5.41. The molecule has 0 aliphatic heterocycles. The molecule has 2 unspecified atom stereocenters. The van der Waals surface area contributed by atoms with Gasteiger partial charge in [-0.3, -0.25) is 10.1 Å². The second-order valence-electron chi connectivity index (χ2n) is 6.62. The summed E-state index contributed by atoms with van der Waals surface area (Å²) in [6, 6.07) is 15.6. The minimum Gasteiger partial charge on any atom is -0.325 e. The molecule has 28 heavy (non-hydrogen) atoms. The summed E-state index contributed by atoms with van der Waals surface area (Å²) < 4.78 is 26.6. The molecule has 6 nitrogen and oxygen atoms in total. The third-order valence-corrected chi connectivity index (χ3v) is 6.72. The minimum atomic E-state index is -3.47. The average molecular weight is 404 g/mol. The van der Waals surface area contributed by atoms with Crippen molar-refractivity contribution < 1.29 is 13.2 Å². The van der Waals surface area contributed by atoms with Gasteiger partial charge in [0.15, 0.2) is 0 Å². The first kappa shape index (κ1) is 22.1. The van der Waals surface area contributed by atoms with Crippen molar-refractivity contribution in [1.82, 2.24) is 9.62 Å². The predicted octanol–water partition coefficient (Wildman–Crippen LogP) is 3.39. The molecular formula is C21H29N3O3S. The lowest BCUT2D eigenvalue weighted by Crippen LogP contribution is -2.39. The predicted molar refractivity (Wildman–Crippen MR) is 113 cm³/mol. The molecule has 152 valence electrons. The molecule has 2 rings (SSSR count). The highest BCUT2D eigenvalue weighted by molar-refractivity contribution is 7.89. The van der Waals surface area contributed by atoms with Crippen LogP contribution in [0.15, 0.2) is 59.5 Å². The molecule has 0 spiro atoms. The van der Waals surface area contributed by atoms with E-state index >= 15 is 0 Å². The van der Waals surface area contributed by atoms with E-state index < -0.39 is 16.1 Å². The Kier molecular flexibility index (Phi) is 7.74. The zero-order chi connectivity index (χ0) is 20.7. The van der Waals surface area contributed by atoms with E-state index in [1.165, 1.54) is 4.31 Å². The molecular weight excluding hydrogens is 374 g/mol. The highest BCUT2D eigenvalue weighted by atomic mass is 32.2. The first-order valence-corrected chi connectivity index (χ1v) is 11.0. The van der Waals surface area contributed by atoms with Gasteiger partial charge < -0.3 is 5.32 Å². The van der Waals surface area contributed by atoms with Gasteiger partial charge in [-0.1, -0.05) is 44.2 Å². The molecule has 0 bridgehead atoms. The van der Waals surface area contributed by atoms with Crippen molar-refractivity contribution in [1.29, 1.82) is 0 Å². The lowest BCUT2D eigenvalue weighted by Gasteiger charge is -2.21. The molecule has 2 aromatic rings. The van der Waals surface area contributed by atoms with Crippen LogP contribution < -0.4 is 10.6 Å². The van der Waals surface area contributed by atoms with Crippen molar-refractivity contribution in [3.05, 3.63) is 60.2 Å². The van der Waals surface area contributed by atoms with E-state index in [0.29, 0.717) is 13.1 Å². The normalized spacial score (nSPS) is 13.9. The number of rotatable bonds is 9. The fourth-order valence-corrected chi connectivity index (χ4v) is 4.42. The first-order valence-electron chi connectivity index (χ1n) is 9.51. The van der Waals surface area contributed by atoms with Gasteiger partial charge in [-0.25, -0.2) is 8.42 Å². The summed E-state index contributed by atoms with van der Waals surface area (Å²) in [6.45, 7) is 8.26. The van der Waals surface area contributed by atoms with E-state index in [2.05, 4.69) is 10.6 Å². The van der Waals surface area contributed by atoms with Crippen LogP contribution in [0.1, 0.15) is 39.3 Å². The van der Waals surface area contributed by atoms with Gasteiger partial charge >= 0.3 is 0 Å². The van der Waals surface area contributed by atoms with Crippen LogP contribution in [0, 0.1) is 0 Å². The Balaban J connectivity index is 2.02. The number of carbonyl (C=O) groups is 1. The van der Waals surface area contributed by atoms with Gasteiger partial charge in [0, 0.05) is 24.8 Å². The smallest absolute Gasteiger partial charge is 0.243 e. The Labute approximate surface area is 168 Å². The number of hydrogen-bond acceptors (Lipinski definition) is 4. The van der Waals surface area contributed by atoms with Crippen LogP contribution in [0.4, 0.5) is 5.69 Å². The number of amides is 1. The van der Waals surface area contributed by atoms with Crippen LogP contribution in [0.25, 0.3) is 0 Å². The van der Waals surface area contributed by atoms with Crippen LogP contribution in [-0.4, -0.2) is 37.8 Å². The van der Waals surface area contributed by atoms with Gasteiger partial charge in [0.05, 0.1) is 10.9 Å². The van der Waals surface area contributed by atoms with Crippen LogP contribution in [0.2, 0.25) is 0 Å². The largest absolute Gasteiger partial charge is 0.325 e. The average Bonchev–Trinajstić information content (AvgIpc) is 2.69. The van der Waals surface area contributed by atoms with Gasteiger partial charge in [-0.15, -0.1) is 0 Å². The Morgan fingerprint density at radius 2 is 1.54 bits per heavy atom. The number of nitrogens with one attached hydrogen (secondary N) is 2. The quantitative estimate of drug-likeness (QED) is 0.673. The lowest BCUT2D eigenvalue weighted by molar-refractivity contribution is -0.117. The van der Waals surface area contributed by atoms with Gasteiger partial charge in [0.25, 0.3) is 0 Å². The van der Waals surface area contributed by atoms with Crippen molar-refractivity contribution in [3.63, 3.8) is 0 Å². The second-order valence-corrected chi connectivity index (χ2v) is 8.56. The number of hydrogen-bond donors (Lipinski definition) is 2. The van der Waals surface area contributed by atoms with E-state index in [9.17, 15) is 13.2 Å². The van der Waals surface area contributed by atoms with Crippen molar-refractivity contribution in [2.24, 2.45) is 0 Å². The standard InChI is InChI=1S/C21H29N3O3S/c1-5-24(6-2)28(26,27)20-14-12-18(13-15-20)16(3)22-17(4)21(25)23-19-10-8-7-9-11-19/h7-17,22H,5-6H2,1-4H3,(H,23,25). The maximum absolute atomic E-state index is 12.6. The first-order chi connectivity index (χ1) is 13.3. The van der Waals surface area contributed by atoms with Crippen molar-refractivity contribution >= 4 is 21.6 Å². The summed E-state index contributed by atoms with van der Waals surface area (Å²) in [5.41, 5.74) is 1.66. The second kappa shape index (κ2) is 9.82. The maximum atomic E-state index is 12.6. The van der Waals surface area contributed by atoms with Crippen LogP contribution in [0.3, 0.4) is 0 Å². The maximum Gasteiger partial charge on any atom is 0.243 e. The van der Waals surface area contributed by atoms with Gasteiger partial charge in [0.1, 0.15) is 0 Å². The lowest BCUT2D eigenvalue weighted by atomic mass is 10.1. The van der Waals surface area contributed by atoms with E-state index in [4.69, 9.17) is 0 Å². The molecule has 1 amide bonds. The van der Waals surface area contributed by atoms with Crippen LogP contribution in [0.5, 0.6) is 0 Å². The number of carbonyl (C=O) groups excluding carboxylic acids is 1. The van der Waals surface area contributed by atoms with Gasteiger partial charge in [-0.05, 0) is 43.7 Å². The molecule has 2 aromatic carbocycles. The molecule has 0 heterocycles. The number of benzene rings is 2. The zero-order valence-electron chi connectivity index (χ0n) is 16.8. The highest BCUT2D eigenvalue weighted by Gasteiger charge is 2.22. The van der Waals surface area contributed by atoms with Crippen LogP contribution >= 0.6 is 0 Å². The Morgan fingerprint density at radius 3 is 2.07 bits per heavy atom. The van der Waals surface area contributed by atoms with E-state index in [1.807, 2.05) is 51.1 Å². The van der Waals surface area contributed by atoms with Crippen molar-refractivity contribution in [2.75, 3.05) is 18.4 Å². The molecule has 0 aliphatic rings. The third-order valence-electron chi connectivity index (χ3n) is 4.66. The molecule has 2 atom stereocenters. The van der Waals surface area contributed by atoms with E-state index in [1.54, 1.807) is 31.2 Å². The van der Waals surface area contributed by atoms with E-state index in [-0.39, 0.29) is 16.8 Å². The fraction of sp³-hybridized carbons (Fsp3) is 0.381. The summed E-state index contributed by atoms with van der Waals surface area (Å²) in [5, 5.41) is 6.11.